The van der Waals surface area contributed by atoms with Gasteiger partial charge in [-0.25, -0.2) is 0 Å². The van der Waals surface area contributed by atoms with Crippen molar-refractivity contribution in [2.24, 2.45) is 5.73 Å². The van der Waals surface area contributed by atoms with Gasteiger partial charge >= 0.3 is 0 Å². The minimum Gasteiger partial charge on any atom is -0.488 e. The highest BCUT2D eigenvalue weighted by Gasteiger charge is 2.09. The molecule has 19 heavy (non-hydrogen) atoms. The van der Waals surface area contributed by atoms with Crippen LogP contribution in [0.1, 0.15) is 40.8 Å². The molecule has 2 N–H and O–H groups in total. The molecule has 2 nitrogen and oxygen atoms in total. The van der Waals surface area contributed by atoms with Crippen molar-refractivity contribution < 1.29 is 4.74 Å². The maximum Gasteiger partial charge on any atom is 0.124 e. The highest BCUT2D eigenvalue weighted by molar-refractivity contribution is 7.11. The van der Waals surface area contributed by atoms with Crippen molar-refractivity contribution in [3.63, 3.8) is 0 Å². The van der Waals surface area contributed by atoms with Crippen LogP contribution in [0.4, 0.5) is 0 Å². The first-order valence-electron chi connectivity index (χ1n) is 6.66. The van der Waals surface area contributed by atoms with Crippen LogP contribution in [0, 0.1) is 6.92 Å². The molecule has 1 heterocycles. The maximum absolute atomic E-state index is 5.98. The second-order valence-corrected chi connectivity index (χ2v) is 6.09. The van der Waals surface area contributed by atoms with Crippen molar-refractivity contribution in [1.29, 1.82) is 0 Å². The molecule has 0 fully saturated rings. The molecule has 0 bridgehead atoms. The lowest BCUT2D eigenvalue weighted by Crippen LogP contribution is -2.08. The molecule has 0 aliphatic carbocycles. The summed E-state index contributed by atoms with van der Waals surface area (Å²) in [5, 5.41) is 0. The smallest absolute Gasteiger partial charge is 0.124 e. The highest BCUT2D eigenvalue weighted by Crippen LogP contribution is 2.27. The molecule has 0 saturated carbocycles. The van der Waals surface area contributed by atoms with Gasteiger partial charge in [-0.2, -0.15) is 0 Å². The fraction of sp³-hybridized carbons (Fsp3) is 0.375. The van der Waals surface area contributed by atoms with Crippen molar-refractivity contribution in [1.82, 2.24) is 0 Å². The third kappa shape index (κ3) is 3.58. The van der Waals surface area contributed by atoms with Crippen LogP contribution in [-0.2, 0) is 13.0 Å². The van der Waals surface area contributed by atoms with E-state index in [0.29, 0.717) is 6.61 Å². The monoisotopic (exact) mass is 275 g/mol. The first kappa shape index (κ1) is 14.1. The Kier molecular flexibility index (Phi) is 4.61. The maximum atomic E-state index is 5.98. The van der Waals surface area contributed by atoms with Crippen molar-refractivity contribution in [3.8, 4) is 5.75 Å². The predicted molar refractivity (Wildman–Crippen MR) is 81.8 cm³/mol. The molecule has 2 rings (SSSR count). The SMILES string of the molecule is CCc1ccc(COc2cc(C)ccc2C(C)N)s1. The summed E-state index contributed by atoms with van der Waals surface area (Å²) in [5.74, 6) is 0.904. The molecule has 0 spiro atoms. The number of thiophene rings is 1. The fourth-order valence-electron chi connectivity index (χ4n) is 1.98. The number of hydrogen-bond acceptors (Lipinski definition) is 3. The molecule has 0 aliphatic rings. The van der Waals surface area contributed by atoms with Crippen molar-refractivity contribution >= 4 is 11.3 Å². The second-order valence-electron chi connectivity index (χ2n) is 4.84. The van der Waals surface area contributed by atoms with E-state index in [2.05, 4.69) is 44.2 Å². The summed E-state index contributed by atoms with van der Waals surface area (Å²) in [7, 11) is 0. The van der Waals surface area contributed by atoms with Gasteiger partial charge in [0.25, 0.3) is 0 Å². The van der Waals surface area contributed by atoms with Gasteiger partial charge in [-0.05, 0) is 44.0 Å². The van der Waals surface area contributed by atoms with E-state index in [1.165, 1.54) is 15.3 Å². The number of rotatable bonds is 5. The lowest BCUT2D eigenvalue weighted by molar-refractivity contribution is 0.305. The molecule has 1 atom stereocenters. The summed E-state index contributed by atoms with van der Waals surface area (Å²) in [4.78, 5) is 2.66. The number of aryl methyl sites for hydroxylation is 2. The molecule has 3 heteroatoms. The average Bonchev–Trinajstić information content (AvgIpc) is 2.84. The summed E-state index contributed by atoms with van der Waals surface area (Å²) >= 11 is 1.81. The van der Waals surface area contributed by atoms with E-state index in [1.807, 2.05) is 18.3 Å². The fourth-order valence-corrected chi connectivity index (χ4v) is 2.85. The zero-order chi connectivity index (χ0) is 13.8. The largest absolute Gasteiger partial charge is 0.488 e. The Labute approximate surface area is 119 Å². The van der Waals surface area contributed by atoms with Gasteiger partial charge in [-0.1, -0.05) is 19.1 Å². The summed E-state index contributed by atoms with van der Waals surface area (Å²) in [6, 6.07) is 10.5. The van der Waals surface area contributed by atoms with Crippen LogP contribution in [0.15, 0.2) is 30.3 Å². The van der Waals surface area contributed by atoms with Crippen molar-refractivity contribution in [3.05, 3.63) is 51.2 Å². The Morgan fingerprint density at radius 3 is 2.58 bits per heavy atom. The standard InChI is InChI=1S/C16H21NOS/c1-4-13-6-7-14(19-13)10-18-16-9-11(2)5-8-15(16)12(3)17/h5-9,12H,4,10,17H2,1-3H3. The Bertz CT molecular complexity index is 545. The van der Waals surface area contributed by atoms with Crippen LogP contribution in [-0.4, -0.2) is 0 Å². The molecule has 1 aromatic heterocycles. The Morgan fingerprint density at radius 1 is 1.21 bits per heavy atom. The van der Waals surface area contributed by atoms with Crippen LogP contribution in [0.3, 0.4) is 0 Å². The van der Waals surface area contributed by atoms with E-state index >= 15 is 0 Å². The number of hydrogen-bond donors (Lipinski definition) is 1. The molecular formula is C16H21NOS. The number of ether oxygens (including phenoxy) is 1. The van der Waals surface area contributed by atoms with Gasteiger partial charge < -0.3 is 10.5 Å². The molecule has 0 amide bonds. The molecule has 0 radical (unpaired) electrons. The third-order valence-electron chi connectivity index (χ3n) is 3.10. The van der Waals surface area contributed by atoms with Crippen molar-refractivity contribution in [2.75, 3.05) is 0 Å². The van der Waals surface area contributed by atoms with E-state index in [9.17, 15) is 0 Å². The van der Waals surface area contributed by atoms with Gasteiger partial charge in [0.2, 0.25) is 0 Å². The lowest BCUT2D eigenvalue weighted by atomic mass is 10.1. The molecule has 0 saturated heterocycles. The minimum atomic E-state index is -0.00913. The Balaban J connectivity index is 2.12. The van der Waals surface area contributed by atoms with Gasteiger partial charge in [-0.3, -0.25) is 0 Å². The van der Waals surface area contributed by atoms with Crippen molar-refractivity contribution in [2.45, 2.75) is 39.8 Å². The minimum absolute atomic E-state index is 0.00913. The second kappa shape index (κ2) is 6.22. The summed E-state index contributed by atoms with van der Waals surface area (Å²) in [6.45, 7) is 6.84. The van der Waals surface area contributed by atoms with Crippen LogP contribution < -0.4 is 10.5 Å². The zero-order valence-corrected chi connectivity index (χ0v) is 12.6. The van der Waals surface area contributed by atoms with E-state index in [0.717, 1.165) is 17.7 Å². The molecule has 0 aliphatic heterocycles. The summed E-state index contributed by atoms with van der Waals surface area (Å²) in [6.07, 6.45) is 1.08. The Morgan fingerprint density at radius 2 is 1.95 bits per heavy atom. The van der Waals surface area contributed by atoms with E-state index in [-0.39, 0.29) is 6.04 Å². The van der Waals surface area contributed by atoms with E-state index < -0.39 is 0 Å². The van der Waals surface area contributed by atoms with Crippen LogP contribution in [0.25, 0.3) is 0 Å². The van der Waals surface area contributed by atoms with Crippen LogP contribution in [0.5, 0.6) is 5.75 Å². The summed E-state index contributed by atoms with van der Waals surface area (Å²) in [5.41, 5.74) is 8.24. The van der Waals surface area contributed by atoms with Crippen LogP contribution >= 0.6 is 11.3 Å². The quantitative estimate of drug-likeness (QED) is 0.886. The van der Waals surface area contributed by atoms with Gasteiger partial charge in [0.1, 0.15) is 12.4 Å². The Hall–Kier alpha value is -1.32. The van der Waals surface area contributed by atoms with Crippen LogP contribution in [0.2, 0.25) is 0 Å². The van der Waals surface area contributed by atoms with Gasteiger partial charge in [0.15, 0.2) is 0 Å². The highest BCUT2D eigenvalue weighted by atomic mass is 32.1. The normalized spacial score (nSPS) is 12.4. The zero-order valence-electron chi connectivity index (χ0n) is 11.8. The van der Waals surface area contributed by atoms with Gasteiger partial charge in [0, 0.05) is 21.4 Å². The molecule has 1 unspecified atom stereocenters. The first-order valence-corrected chi connectivity index (χ1v) is 7.48. The predicted octanol–water partition coefficient (Wildman–Crippen LogP) is 4.22. The molecule has 102 valence electrons. The summed E-state index contributed by atoms with van der Waals surface area (Å²) < 4.78 is 5.95. The molecule has 2 aromatic rings. The first-order chi connectivity index (χ1) is 9.10. The van der Waals surface area contributed by atoms with Gasteiger partial charge in [-0.15, -0.1) is 11.3 Å². The third-order valence-corrected chi connectivity index (χ3v) is 4.30. The van der Waals surface area contributed by atoms with Gasteiger partial charge in [0.05, 0.1) is 0 Å². The molecular weight excluding hydrogens is 254 g/mol. The lowest BCUT2D eigenvalue weighted by Gasteiger charge is -2.14. The number of nitrogens with two attached hydrogens (primary N) is 1. The number of benzene rings is 1. The van der Waals surface area contributed by atoms with E-state index in [4.69, 9.17) is 10.5 Å². The average molecular weight is 275 g/mol. The molecule has 1 aromatic carbocycles. The van der Waals surface area contributed by atoms with E-state index in [1.54, 1.807) is 0 Å². The topological polar surface area (TPSA) is 35.2 Å².